The molecule has 2 heterocycles. The van der Waals surface area contributed by atoms with Crippen molar-refractivity contribution in [1.29, 1.82) is 0 Å². The highest BCUT2D eigenvalue weighted by Gasteiger charge is 2.19. The zero-order valence-corrected chi connectivity index (χ0v) is 16.7. The minimum Gasteiger partial charge on any atom is -0.361 e. The van der Waals surface area contributed by atoms with Gasteiger partial charge in [-0.1, -0.05) is 48.8 Å². The molecule has 0 aliphatic rings. The Morgan fingerprint density at radius 3 is 2.74 bits per heavy atom. The second kappa shape index (κ2) is 7.96. The van der Waals surface area contributed by atoms with Gasteiger partial charge in [0.2, 0.25) is 0 Å². The zero-order valence-electron chi connectivity index (χ0n) is 15.9. The molecule has 0 atom stereocenters. The zero-order chi connectivity index (χ0) is 19.6. The molecule has 0 aliphatic carbocycles. The van der Waals surface area contributed by atoms with Gasteiger partial charge in [-0.3, -0.25) is 9.48 Å². The first-order valence-electron chi connectivity index (χ1n) is 8.89. The Balaban J connectivity index is 1.77. The third-order valence-corrected chi connectivity index (χ3v) is 4.67. The van der Waals surface area contributed by atoms with E-state index in [0.29, 0.717) is 28.9 Å². The lowest BCUT2D eigenvalue weighted by molar-refractivity contribution is 0.101. The number of nitrogens with zero attached hydrogens (tertiary/aromatic N) is 3. The summed E-state index contributed by atoms with van der Waals surface area (Å²) in [6.45, 7) is 8.48. The highest BCUT2D eigenvalue weighted by atomic mass is 35.5. The third kappa shape index (κ3) is 4.39. The highest BCUT2D eigenvalue weighted by molar-refractivity contribution is 6.31. The maximum Gasteiger partial charge on any atom is 0.277 e. The molecule has 142 valence electrons. The summed E-state index contributed by atoms with van der Waals surface area (Å²) in [6.07, 6.45) is 0.744. The molecule has 3 aromatic rings. The monoisotopic (exact) mass is 386 g/mol. The van der Waals surface area contributed by atoms with Crippen molar-refractivity contribution in [3.63, 3.8) is 0 Å². The molecule has 2 aromatic heterocycles. The first-order valence-corrected chi connectivity index (χ1v) is 9.27. The van der Waals surface area contributed by atoms with E-state index in [2.05, 4.69) is 29.4 Å². The Kier molecular flexibility index (Phi) is 5.65. The summed E-state index contributed by atoms with van der Waals surface area (Å²) in [5.41, 5.74) is 3.51. The normalized spacial score (nSPS) is 11.2. The van der Waals surface area contributed by atoms with Crippen LogP contribution in [0.25, 0.3) is 0 Å². The maximum atomic E-state index is 12.5. The van der Waals surface area contributed by atoms with Crippen molar-refractivity contribution in [3.8, 4) is 0 Å². The summed E-state index contributed by atoms with van der Waals surface area (Å²) in [5, 5.41) is 12.0. The molecule has 0 fully saturated rings. The molecule has 1 N–H and O–H groups in total. The van der Waals surface area contributed by atoms with Crippen LogP contribution in [0.5, 0.6) is 0 Å². The lowest BCUT2D eigenvalue weighted by Gasteiger charge is -2.07. The predicted molar refractivity (Wildman–Crippen MR) is 105 cm³/mol. The van der Waals surface area contributed by atoms with Crippen LogP contribution in [0.3, 0.4) is 0 Å². The van der Waals surface area contributed by atoms with E-state index >= 15 is 0 Å². The summed E-state index contributed by atoms with van der Waals surface area (Å²) in [6, 6.07) is 9.33. The molecule has 0 spiro atoms. The van der Waals surface area contributed by atoms with Gasteiger partial charge in [-0.25, -0.2) is 0 Å². The van der Waals surface area contributed by atoms with E-state index < -0.39 is 0 Å². The molecule has 0 saturated heterocycles. The SMILES string of the molecule is Cc1nn(Cc2ccccc2Cl)c(C)c1NC(=O)c1cc(CC(C)C)on1. The Labute approximate surface area is 163 Å². The molecule has 27 heavy (non-hydrogen) atoms. The molecule has 0 bridgehead atoms. The van der Waals surface area contributed by atoms with E-state index in [0.717, 1.165) is 23.4 Å². The number of carbonyl (C=O) groups excluding carboxylic acids is 1. The number of hydrogen-bond acceptors (Lipinski definition) is 4. The number of aromatic nitrogens is 3. The number of nitrogens with one attached hydrogen (secondary N) is 1. The summed E-state index contributed by atoms with van der Waals surface area (Å²) >= 11 is 6.25. The first kappa shape index (κ1) is 19.2. The smallest absolute Gasteiger partial charge is 0.277 e. The van der Waals surface area contributed by atoms with E-state index in [1.807, 2.05) is 42.8 Å². The van der Waals surface area contributed by atoms with Crippen molar-refractivity contribution in [2.45, 2.75) is 40.7 Å². The topological polar surface area (TPSA) is 73.0 Å². The molecule has 0 unspecified atom stereocenters. The van der Waals surface area contributed by atoms with Gasteiger partial charge in [-0.2, -0.15) is 5.10 Å². The van der Waals surface area contributed by atoms with E-state index in [9.17, 15) is 4.79 Å². The summed E-state index contributed by atoms with van der Waals surface area (Å²) in [5.74, 6) is 0.830. The molecular formula is C20H23ClN4O2. The minimum atomic E-state index is -0.308. The summed E-state index contributed by atoms with van der Waals surface area (Å²) < 4.78 is 7.08. The number of rotatable bonds is 6. The van der Waals surface area contributed by atoms with E-state index in [-0.39, 0.29) is 11.6 Å². The van der Waals surface area contributed by atoms with Crippen LogP contribution in [0.4, 0.5) is 5.69 Å². The van der Waals surface area contributed by atoms with Gasteiger partial charge >= 0.3 is 0 Å². The molecular weight excluding hydrogens is 364 g/mol. The van der Waals surface area contributed by atoms with Crippen LogP contribution in [0.1, 0.15) is 47.0 Å². The Morgan fingerprint density at radius 2 is 2.04 bits per heavy atom. The number of benzene rings is 1. The Hall–Kier alpha value is -2.60. The average Bonchev–Trinajstić information content (AvgIpc) is 3.17. The molecule has 6 nitrogen and oxygen atoms in total. The fourth-order valence-electron chi connectivity index (χ4n) is 2.92. The molecule has 0 aliphatic heterocycles. The van der Waals surface area contributed by atoms with Gasteiger partial charge in [-0.05, 0) is 31.4 Å². The summed E-state index contributed by atoms with van der Waals surface area (Å²) in [7, 11) is 0. The second-order valence-corrected chi connectivity index (χ2v) is 7.43. The first-order chi connectivity index (χ1) is 12.8. The minimum absolute atomic E-state index is 0.267. The lowest BCUT2D eigenvalue weighted by Crippen LogP contribution is -2.13. The van der Waals surface area contributed by atoms with Crippen LogP contribution in [0.2, 0.25) is 5.02 Å². The number of amides is 1. The van der Waals surface area contributed by atoms with Crippen molar-refractivity contribution in [3.05, 3.63) is 63.8 Å². The molecule has 1 amide bonds. The van der Waals surface area contributed by atoms with E-state index in [1.54, 1.807) is 6.07 Å². The van der Waals surface area contributed by atoms with Crippen LogP contribution in [0, 0.1) is 19.8 Å². The maximum absolute atomic E-state index is 12.5. The fourth-order valence-corrected chi connectivity index (χ4v) is 3.11. The van der Waals surface area contributed by atoms with E-state index in [4.69, 9.17) is 16.1 Å². The Bertz CT molecular complexity index is 959. The highest BCUT2D eigenvalue weighted by Crippen LogP contribution is 2.23. The number of carbonyl (C=O) groups is 1. The average molecular weight is 387 g/mol. The van der Waals surface area contributed by atoms with Gasteiger partial charge in [0.05, 0.1) is 23.6 Å². The van der Waals surface area contributed by atoms with Crippen LogP contribution < -0.4 is 5.32 Å². The van der Waals surface area contributed by atoms with Gasteiger partial charge in [-0.15, -0.1) is 0 Å². The number of anilines is 1. The molecule has 0 saturated carbocycles. The fraction of sp³-hybridized carbons (Fsp3) is 0.350. The Morgan fingerprint density at radius 1 is 1.30 bits per heavy atom. The molecule has 0 radical (unpaired) electrons. The van der Waals surface area contributed by atoms with Crippen LogP contribution in [0.15, 0.2) is 34.9 Å². The number of hydrogen-bond donors (Lipinski definition) is 1. The van der Waals surface area contributed by atoms with Gasteiger partial charge in [0.1, 0.15) is 5.76 Å². The summed E-state index contributed by atoms with van der Waals surface area (Å²) in [4.78, 5) is 12.5. The standard InChI is InChI=1S/C20H23ClN4O2/c1-12(2)9-16-10-18(24-27-16)20(26)22-19-13(3)23-25(14(19)4)11-15-7-5-6-8-17(15)21/h5-8,10,12H,9,11H2,1-4H3,(H,22,26). The van der Waals surface area contributed by atoms with Crippen LogP contribution >= 0.6 is 11.6 Å². The van der Waals surface area contributed by atoms with Crippen LogP contribution in [-0.2, 0) is 13.0 Å². The third-order valence-electron chi connectivity index (χ3n) is 4.30. The number of halogens is 1. The molecule has 3 rings (SSSR count). The van der Waals surface area contributed by atoms with Crippen molar-refractivity contribution in [1.82, 2.24) is 14.9 Å². The van der Waals surface area contributed by atoms with Crippen molar-refractivity contribution in [2.75, 3.05) is 5.32 Å². The van der Waals surface area contributed by atoms with Crippen molar-refractivity contribution in [2.24, 2.45) is 5.92 Å². The van der Waals surface area contributed by atoms with E-state index in [1.165, 1.54) is 0 Å². The molecule has 7 heteroatoms. The molecule has 1 aromatic carbocycles. The van der Waals surface area contributed by atoms with Gasteiger partial charge in [0.15, 0.2) is 5.69 Å². The van der Waals surface area contributed by atoms with Gasteiger partial charge < -0.3 is 9.84 Å². The van der Waals surface area contributed by atoms with Crippen molar-refractivity contribution < 1.29 is 9.32 Å². The van der Waals surface area contributed by atoms with Gasteiger partial charge in [0, 0.05) is 17.5 Å². The quantitative estimate of drug-likeness (QED) is 0.669. The van der Waals surface area contributed by atoms with Crippen molar-refractivity contribution >= 4 is 23.2 Å². The predicted octanol–water partition coefficient (Wildman–Crippen LogP) is 4.64. The van der Waals surface area contributed by atoms with Gasteiger partial charge in [0.25, 0.3) is 5.91 Å². The lowest BCUT2D eigenvalue weighted by atomic mass is 10.1. The number of aryl methyl sites for hydroxylation is 1. The largest absolute Gasteiger partial charge is 0.361 e. The van der Waals surface area contributed by atoms with Crippen LogP contribution in [-0.4, -0.2) is 20.8 Å². The second-order valence-electron chi connectivity index (χ2n) is 7.03.